The van der Waals surface area contributed by atoms with Crippen LogP contribution in [0.3, 0.4) is 0 Å². The summed E-state index contributed by atoms with van der Waals surface area (Å²) in [5, 5.41) is 13.6. The van der Waals surface area contributed by atoms with Crippen molar-refractivity contribution in [1.82, 2.24) is 10.2 Å². The summed E-state index contributed by atoms with van der Waals surface area (Å²) in [6, 6.07) is 10.6. The van der Waals surface area contributed by atoms with Crippen molar-refractivity contribution in [1.29, 1.82) is 0 Å². The normalized spacial score (nSPS) is 25.2. The molecule has 2 atom stereocenters. The van der Waals surface area contributed by atoms with Crippen LogP contribution >= 0.6 is 0 Å². The second kappa shape index (κ2) is 6.88. The molecule has 1 aliphatic rings. The summed E-state index contributed by atoms with van der Waals surface area (Å²) < 4.78 is 0. The van der Waals surface area contributed by atoms with E-state index in [-0.39, 0.29) is 12.1 Å². The minimum atomic E-state index is -0.242. The van der Waals surface area contributed by atoms with Crippen molar-refractivity contribution in [3.05, 3.63) is 35.9 Å². The largest absolute Gasteiger partial charge is 0.390 e. The summed E-state index contributed by atoms with van der Waals surface area (Å²) in [6.07, 6.45) is 1.96. The van der Waals surface area contributed by atoms with Gasteiger partial charge in [0, 0.05) is 19.1 Å². The molecular formula is C15H24N2O. The van der Waals surface area contributed by atoms with Crippen LogP contribution in [0.5, 0.6) is 0 Å². The van der Waals surface area contributed by atoms with Crippen LogP contribution in [0.1, 0.15) is 25.3 Å². The Morgan fingerprint density at radius 1 is 1.33 bits per heavy atom. The van der Waals surface area contributed by atoms with Gasteiger partial charge in [-0.25, -0.2) is 0 Å². The summed E-state index contributed by atoms with van der Waals surface area (Å²) in [5.41, 5.74) is 1.28. The maximum Gasteiger partial charge on any atom is 0.0820 e. The summed E-state index contributed by atoms with van der Waals surface area (Å²) in [4.78, 5) is 2.35. The van der Waals surface area contributed by atoms with E-state index in [0.717, 1.165) is 39.0 Å². The number of benzene rings is 1. The molecular weight excluding hydrogens is 224 g/mol. The molecule has 0 unspecified atom stereocenters. The first-order valence-corrected chi connectivity index (χ1v) is 6.97. The average Bonchev–Trinajstić information content (AvgIpc) is 2.39. The number of β-amino-alcohol motifs (C(OH)–C–C–N with tert-alkyl or cyclic N) is 1. The van der Waals surface area contributed by atoms with Crippen LogP contribution in [-0.4, -0.2) is 41.8 Å². The monoisotopic (exact) mass is 248 g/mol. The fourth-order valence-electron chi connectivity index (χ4n) is 2.60. The van der Waals surface area contributed by atoms with Gasteiger partial charge in [-0.3, -0.25) is 0 Å². The molecule has 2 rings (SSSR count). The Morgan fingerprint density at radius 3 is 2.78 bits per heavy atom. The number of aliphatic hydroxyl groups excluding tert-OH is 1. The van der Waals surface area contributed by atoms with E-state index in [0.29, 0.717) is 0 Å². The average molecular weight is 248 g/mol. The molecule has 1 saturated heterocycles. The first kappa shape index (κ1) is 13.5. The highest BCUT2D eigenvalue weighted by molar-refractivity contribution is 5.14. The molecule has 1 fully saturated rings. The molecule has 0 saturated carbocycles. The summed E-state index contributed by atoms with van der Waals surface area (Å²) in [5.74, 6) is 0. The lowest BCUT2D eigenvalue weighted by Crippen LogP contribution is -2.52. The van der Waals surface area contributed by atoms with E-state index >= 15 is 0 Å². The van der Waals surface area contributed by atoms with Crippen molar-refractivity contribution in [3.8, 4) is 0 Å². The topological polar surface area (TPSA) is 35.5 Å². The predicted molar refractivity (Wildman–Crippen MR) is 74.4 cm³/mol. The van der Waals surface area contributed by atoms with Crippen molar-refractivity contribution in [2.75, 3.05) is 19.6 Å². The third-order valence-electron chi connectivity index (χ3n) is 3.62. The minimum absolute atomic E-state index is 0.235. The highest BCUT2D eigenvalue weighted by Gasteiger charge is 2.26. The van der Waals surface area contributed by atoms with Crippen molar-refractivity contribution in [2.24, 2.45) is 0 Å². The lowest BCUT2D eigenvalue weighted by atomic mass is 10.0. The summed E-state index contributed by atoms with van der Waals surface area (Å²) in [7, 11) is 0. The molecule has 0 bridgehead atoms. The Bertz CT molecular complexity index is 342. The van der Waals surface area contributed by atoms with Gasteiger partial charge in [0.2, 0.25) is 0 Å². The van der Waals surface area contributed by atoms with E-state index < -0.39 is 0 Å². The highest BCUT2D eigenvalue weighted by Crippen LogP contribution is 2.12. The van der Waals surface area contributed by atoms with Gasteiger partial charge in [0.25, 0.3) is 0 Å². The zero-order valence-corrected chi connectivity index (χ0v) is 11.2. The fourth-order valence-corrected chi connectivity index (χ4v) is 2.60. The van der Waals surface area contributed by atoms with Crippen LogP contribution in [0, 0.1) is 0 Å². The first-order valence-electron chi connectivity index (χ1n) is 6.97. The molecule has 0 spiro atoms. The number of hydrogen-bond donors (Lipinski definition) is 2. The molecule has 0 aromatic heterocycles. The van der Waals surface area contributed by atoms with E-state index in [2.05, 4.69) is 41.4 Å². The van der Waals surface area contributed by atoms with Crippen molar-refractivity contribution < 1.29 is 5.11 Å². The van der Waals surface area contributed by atoms with Crippen LogP contribution < -0.4 is 5.32 Å². The van der Waals surface area contributed by atoms with Gasteiger partial charge in [-0.05, 0) is 31.5 Å². The Balaban J connectivity index is 1.77. The van der Waals surface area contributed by atoms with Crippen molar-refractivity contribution in [3.63, 3.8) is 0 Å². The molecule has 100 valence electrons. The fraction of sp³-hybridized carbons (Fsp3) is 0.600. The maximum atomic E-state index is 10.1. The van der Waals surface area contributed by atoms with Crippen LogP contribution in [0.25, 0.3) is 0 Å². The zero-order valence-electron chi connectivity index (χ0n) is 11.2. The molecule has 1 aliphatic heterocycles. The van der Waals surface area contributed by atoms with Gasteiger partial charge in [0.05, 0.1) is 6.10 Å². The van der Waals surface area contributed by atoms with E-state index in [1.165, 1.54) is 5.56 Å². The lowest BCUT2D eigenvalue weighted by Gasteiger charge is -2.36. The first-order chi connectivity index (χ1) is 8.79. The van der Waals surface area contributed by atoms with Crippen LogP contribution in [-0.2, 0) is 6.54 Å². The van der Waals surface area contributed by atoms with Gasteiger partial charge >= 0.3 is 0 Å². The molecule has 1 aromatic rings. The third kappa shape index (κ3) is 3.80. The summed E-state index contributed by atoms with van der Waals surface area (Å²) >= 11 is 0. The number of aliphatic hydroxyl groups is 1. The van der Waals surface area contributed by atoms with E-state index in [1.54, 1.807) is 0 Å². The van der Waals surface area contributed by atoms with E-state index in [9.17, 15) is 5.11 Å². The molecule has 18 heavy (non-hydrogen) atoms. The van der Waals surface area contributed by atoms with Crippen LogP contribution in [0.2, 0.25) is 0 Å². The number of piperidine rings is 1. The van der Waals surface area contributed by atoms with Gasteiger partial charge in [-0.15, -0.1) is 0 Å². The minimum Gasteiger partial charge on any atom is -0.390 e. The summed E-state index contributed by atoms with van der Waals surface area (Å²) in [6.45, 7) is 6.03. The molecule has 1 heterocycles. The Kier molecular flexibility index (Phi) is 5.17. The van der Waals surface area contributed by atoms with Gasteiger partial charge in [-0.2, -0.15) is 0 Å². The number of hydrogen-bond acceptors (Lipinski definition) is 3. The van der Waals surface area contributed by atoms with Gasteiger partial charge < -0.3 is 15.3 Å². The highest BCUT2D eigenvalue weighted by atomic mass is 16.3. The predicted octanol–water partition coefficient (Wildman–Crippen LogP) is 1.62. The SMILES string of the molecule is CCCN1CC[C@H](NCc2ccccc2)[C@@H](O)C1. The zero-order chi connectivity index (χ0) is 12.8. The Labute approximate surface area is 110 Å². The maximum absolute atomic E-state index is 10.1. The van der Waals surface area contributed by atoms with Crippen molar-refractivity contribution >= 4 is 0 Å². The van der Waals surface area contributed by atoms with E-state index in [1.807, 2.05) is 6.07 Å². The number of rotatable bonds is 5. The Hall–Kier alpha value is -0.900. The smallest absolute Gasteiger partial charge is 0.0820 e. The van der Waals surface area contributed by atoms with Crippen LogP contribution in [0.15, 0.2) is 30.3 Å². The Morgan fingerprint density at radius 2 is 2.11 bits per heavy atom. The quantitative estimate of drug-likeness (QED) is 0.831. The lowest BCUT2D eigenvalue weighted by molar-refractivity contribution is 0.0400. The molecule has 2 N–H and O–H groups in total. The number of likely N-dealkylation sites (tertiary alicyclic amines) is 1. The molecule has 0 radical (unpaired) electrons. The van der Waals surface area contributed by atoms with Crippen LogP contribution in [0.4, 0.5) is 0 Å². The third-order valence-corrected chi connectivity index (χ3v) is 3.62. The number of nitrogens with one attached hydrogen (secondary N) is 1. The van der Waals surface area contributed by atoms with Gasteiger partial charge in [0.1, 0.15) is 0 Å². The number of nitrogens with zero attached hydrogens (tertiary/aromatic N) is 1. The second-order valence-electron chi connectivity index (χ2n) is 5.13. The van der Waals surface area contributed by atoms with E-state index in [4.69, 9.17) is 0 Å². The molecule has 1 aromatic carbocycles. The van der Waals surface area contributed by atoms with Gasteiger partial charge in [-0.1, -0.05) is 37.3 Å². The molecule has 3 nitrogen and oxygen atoms in total. The standard InChI is InChI=1S/C15H24N2O/c1-2-9-17-10-8-14(15(18)12-17)16-11-13-6-4-3-5-7-13/h3-7,14-16,18H,2,8-12H2,1H3/t14-,15-/m0/s1. The molecule has 3 heteroatoms. The molecule has 0 aliphatic carbocycles. The molecule has 0 amide bonds. The van der Waals surface area contributed by atoms with Gasteiger partial charge in [0.15, 0.2) is 0 Å². The second-order valence-corrected chi connectivity index (χ2v) is 5.13. The van der Waals surface area contributed by atoms with Crippen molar-refractivity contribution in [2.45, 2.75) is 38.5 Å².